The van der Waals surface area contributed by atoms with E-state index in [1.165, 1.54) is 35.6 Å². The predicted molar refractivity (Wildman–Crippen MR) is 143 cm³/mol. The average Bonchev–Trinajstić information content (AvgIpc) is 3.18. The van der Waals surface area contributed by atoms with Crippen LogP contribution in [0.3, 0.4) is 0 Å². The molecule has 0 N–H and O–H groups in total. The van der Waals surface area contributed by atoms with Crippen LogP contribution in [0.1, 0.15) is 20.3 Å². The number of rotatable bonds is 10. The van der Waals surface area contributed by atoms with Gasteiger partial charge in [-0.3, -0.25) is 9.69 Å². The Hall–Kier alpha value is -1.23. The second-order valence-corrected chi connectivity index (χ2v) is 11.7. The second kappa shape index (κ2) is 12.5. The van der Waals surface area contributed by atoms with E-state index in [2.05, 4.69) is 39.7 Å². The van der Waals surface area contributed by atoms with Crippen LogP contribution in [0.5, 0.6) is 0 Å². The monoisotopic (exact) mass is 593 g/mol. The van der Waals surface area contributed by atoms with Crippen LogP contribution < -0.4 is 4.90 Å². The third-order valence-corrected chi connectivity index (χ3v) is 8.68. The predicted octanol–water partition coefficient (Wildman–Crippen LogP) is 5.67. The topological polar surface area (TPSA) is 70.6 Å². The zero-order valence-corrected chi connectivity index (χ0v) is 23.1. The van der Waals surface area contributed by atoms with Crippen LogP contribution in [-0.2, 0) is 14.6 Å². The smallest absolute Gasteiger partial charge is 0.229 e. The fourth-order valence-electron chi connectivity index (χ4n) is 3.23. The van der Waals surface area contributed by atoms with Crippen molar-refractivity contribution < 1.29 is 13.2 Å². The molecule has 0 aliphatic rings. The van der Waals surface area contributed by atoms with E-state index in [1.807, 2.05) is 18.2 Å². The van der Waals surface area contributed by atoms with Gasteiger partial charge < -0.3 is 4.90 Å². The van der Waals surface area contributed by atoms with Gasteiger partial charge in [0.05, 0.1) is 20.9 Å². The molecule has 0 aliphatic heterocycles. The van der Waals surface area contributed by atoms with Gasteiger partial charge in [-0.15, -0.1) is 12.4 Å². The lowest BCUT2D eigenvalue weighted by molar-refractivity contribution is -0.118. The summed E-state index contributed by atoms with van der Waals surface area (Å²) < 4.78 is 27.3. The molecular weight excluding hydrogens is 569 g/mol. The maximum Gasteiger partial charge on any atom is 0.229 e. The number of carbonyl (C=O) groups is 1. The van der Waals surface area contributed by atoms with E-state index in [4.69, 9.17) is 11.6 Å². The normalized spacial score (nSPS) is 11.5. The van der Waals surface area contributed by atoms with Gasteiger partial charge in [0, 0.05) is 29.0 Å². The summed E-state index contributed by atoms with van der Waals surface area (Å²) in [7, 11) is -3.60. The zero-order valence-electron chi connectivity index (χ0n) is 18.3. The number of hydrogen-bond acceptors (Lipinski definition) is 6. The van der Waals surface area contributed by atoms with Crippen molar-refractivity contribution in [3.8, 4) is 0 Å². The molecule has 1 amide bonds. The minimum Gasteiger partial charge on any atom is -0.302 e. The number of aromatic nitrogens is 1. The van der Waals surface area contributed by atoms with Gasteiger partial charge in [0.15, 0.2) is 15.0 Å². The van der Waals surface area contributed by atoms with Crippen molar-refractivity contribution in [2.45, 2.75) is 25.2 Å². The van der Waals surface area contributed by atoms with E-state index in [0.717, 1.165) is 27.8 Å². The maximum atomic E-state index is 13.2. The minimum atomic E-state index is -3.60. The third kappa shape index (κ3) is 7.37. The Morgan fingerprint density at radius 1 is 1.09 bits per heavy atom. The highest BCUT2D eigenvalue weighted by atomic mass is 79.9. The number of nitrogens with zero attached hydrogens (tertiary/aromatic N) is 3. The van der Waals surface area contributed by atoms with Gasteiger partial charge in [-0.05, 0) is 55.6 Å². The Morgan fingerprint density at radius 2 is 1.76 bits per heavy atom. The highest BCUT2D eigenvalue weighted by Crippen LogP contribution is 2.31. The van der Waals surface area contributed by atoms with Crippen LogP contribution in [0.25, 0.3) is 10.2 Å². The molecule has 0 bridgehead atoms. The molecule has 0 radical (unpaired) electrons. The Bertz CT molecular complexity index is 1180. The van der Waals surface area contributed by atoms with Crippen molar-refractivity contribution in [2.24, 2.45) is 0 Å². The van der Waals surface area contributed by atoms with Gasteiger partial charge in [-0.2, -0.15) is 0 Å². The molecule has 0 atom stereocenters. The van der Waals surface area contributed by atoms with Crippen LogP contribution >= 0.6 is 51.3 Å². The number of amides is 1. The Balaban J connectivity index is 0.00000385. The summed E-state index contributed by atoms with van der Waals surface area (Å²) >= 11 is 10.8. The molecule has 2 aromatic carbocycles. The molecule has 1 heterocycles. The molecule has 0 spiro atoms. The lowest BCUT2D eigenvalue weighted by atomic mass is 10.3. The number of hydrogen-bond donors (Lipinski definition) is 0. The number of halogens is 3. The molecule has 11 heteroatoms. The van der Waals surface area contributed by atoms with Gasteiger partial charge in [0.2, 0.25) is 5.91 Å². The summed E-state index contributed by atoms with van der Waals surface area (Å²) in [6.07, 6.45) is -0.122. The molecule has 0 saturated carbocycles. The number of benzene rings is 2. The number of anilines is 1. The third-order valence-electron chi connectivity index (χ3n) is 5.16. The van der Waals surface area contributed by atoms with Gasteiger partial charge >= 0.3 is 0 Å². The number of carbonyl (C=O) groups excluding carboxylic acids is 1. The number of likely N-dealkylation sites (N-methyl/N-ethyl adjacent to an activating group) is 1. The number of fused-ring (bicyclic) bond motifs is 1. The fourth-order valence-corrected chi connectivity index (χ4v) is 6.14. The van der Waals surface area contributed by atoms with E-state index in [9.17, 15) is 13.2 Å². The van der Waals surface area contributed by atoms with Crippen molar-refractivity contribution in [2.75, 3.05) is 36.8 Å². The summed E-state index contributed by atoms with van der Waals surface area (Å²) in [6.45, 7) is 7.02. The first-order valence-electron chi connectivity index (χ1n) is 10.3. The molecule has 0 fully saturated rings. The number of sulfone groups is 1. The van der Waals surface area contributed by atoms with E-state index >= 15 is 0 Å². The molecule has 1 aromatic heterocycles. The fraction of sp³-hybridized carbons (Fsp3) is 0.364. The molecule has 33 heavy (non-hydrogen) atoms. The standard InChI is InChI=1S/C22H25BrClN3O3S2.ClH/c1-3-26(4-2)12-13-27(22-25-19-10-5-16(23)15-20(19)31-22)21(28)11-14-32(29,30)18-8-6-17(24)7-9-18;/h5-10,15H,3-4,11-14H2,1-2H3;1H. The lowest BCUT2D eigenvalue weighted by Gasteiger charge is -2.24. The quantitative estimate of drug-likeness (QED) is 0.302. The van der Waals surface area contributed by atoms with E-state index < -0.39 is 9.84 Å². The first kappa shape index (κ1) is 28.0. The largest absolute Gasteiger partial charge is 0.302 e. The zero-order chi connectivity index (χ0) is 23.3. The number of thiazole rings is 1. The van der Waals surface area contributed by atoms with Crippen molar-refractivity contribution in [3.63, 3.8) is 0 Å². The van der Waals surface area contributed by atoms with Crippen LogP contribution in [0, 0.1) is 0 Å². The lowest BCUT2D eigenvalue weighted by Crippen LogP contribution is -2.39. The first-order valence-corrected chi connectivity index (χ1v) is 13.9. The summed E-state index contributed by atoms with van der Waals surface area (Å²) in [4.78, 5) is 21.8. The summed E-state index contributed by atoms with van der Waals surface area (Å²) in [6, 6.07) is 11.8. The Labute approximate surface area is 218 Å². The van der Waals surface area contributed by atoms with E-state index in [-0.39, 0.29) is 35.4 Å². The van der Waals surface area contributed by atoms with Crippen LogP contribution in [-0.4, -0.2) is 56.1 Å². The molecule has 6 nitrogen and oxygen atoms in total. The summed E-state index contributed by atoms with van der Waals surface area (Å²) in [5.41, 5.74) is 0.808. The van der Waals surface area contributed by atoms with E-state index in [1.54, 1.807) is 4.90 Å². The molecule has 0 unspecified atom stereocenters. The highest BCUT2D eigenvalue weighted by molar-refractivity contribution is 9.10. The summed E-state index contributed by atoms with van der Waals surface area (Å²) in [5, 5.41) is 1.05. The Kier molecular flexibility index (Phi) is 10.6. The molecule has 3 rings (SSSR count). The van der Waals surface area contributed by atoms with Crippen LogP contribution in [0.15, 0.2) is 51.8 Å². The van der Waals surface area contributed by atoms with Crippen molar-refractivity contribution in [1.82, 2.24) is 9.88 Å². The molecule has 0 aliphatic carbocycles. The van der Waals surface area contributed by atoms with Gasteiger partial charge in [-0.25, -0.2) is 13.4 Å². The average molecular weight is 595 g/mol. The highest BCUT2D eigenvalue weighted by Gasteiger charge is 2.23. The molecular formula is C22H26BrCl2N3O3S2. The van der Waals surface area contributed by atoms with E-state index in [0.29, 0.717) is 23.2 Å². The van der Waals surface area contributed by atoms with Gasteiger partial charge in [0.25, 0.3) is 0 Å². The van der Waals surface area contributed by atoms with Crippen LogP contribution in [0.4, 0.5) is 5.13 Å². The van der Waals surface area contributed by atoms with Crippen molar-refractivity contribution in [1.29, 1.82) is 0 Å². The molecule has 0 saturated heterocycles. The molecule has 180 valence electrons. The minimum absolute atomic E-state index is 0. The second-order valence-electron chi connectivity index (χ2n) is 7.20. The van der Waals surface area contributed by atoms with Gasteiger partial charge in [0.1, 0.15) is 0 Å². The Morgan fingerprint density at radius 3 is 2.39 bits per heavy atom. The molecule has 3 aromatic rings. The SMILES string of the molecule is CCN(CC)CCN(C(=O)CCS(=O)(=O)c1ccc(Cl)cc1)c1nc2ccc(Br)cc2s1.Cl. The van der Waals surface area contributed by atoms with Gasteiger partial charge in [-0.1, -0.05) is 52.7 Å². The maximum absolute atomic E-state index is 13.2. The van der Waals surface area contributed by atoms with Crippen LogP contribution in [0.2, 0.25) is 5.02 Å². The van der Waals surface area contributed by atoms with Crippen molar-refractivity contribution >= 4 is 82.4 Å². The van der Waals surface area contributed by atoms with Crippen molar-refractivity contribution in [3.05, 3.63) is 52.0 Å². The first-order chi connectivity index (χ1) is 15.2. The summed E-state index contributed by atoms with van der Waals surface area (Å²) in [5.74, 6) is -0.529.